The van der Waals surface area contributed by atoms with E-state index in [1.54, 1.807) is 0 Å². The molecule has 0 aliphatic carbocycles. The molecule has 0 unspecified atom stereocenters. The quantitative estimate of drug-likeness (QED) is 0.533. The van der Waals surface area contributed by atoms with Gasteiger partial charge in [-0.15, -0.1) is 0 Å². The second kappa shape index (κ2) is 14.0. The van der Waals surface area contributed by atoms with E-state index in [2.05, 4.69) is 50.9 Å². The number of halogens is 4. The Morgan fingerprint density at radius 1 is 0.917 bits per heavy atom. The summed E-state index contributed by atoms with van der Waals surface area (Å²) in [7, 11) is 0. The van der Waals surface area contributed by atoms with E-state index in [1.165, 1.54) is 19.3 Å². The van der Waals surface area contributed by atoms with E-state index in [-0.39, 0.29) is 0 Å². The maximum absolute atomic E-state index is 10.6. The minimum atomic E-state index is -3.56. The molecule has 78 valence electrons. The van der Waals surface area contributed by atoms with Gasteiger partial charge in [-0.25, -0.2) is 0 Å². The molecule has 4 heteroatoms. The van der Waals surface area contributed by atoms with Crippen LogP contribution in [0.3, 0.4) is 0 Å². The molecule has 0 spiro atoms. The molecule has 0 aromatic rings. The zero-order valence-corrected chi connectivity index (χ0v) is 9.65. The standard InChI is InChI=1S/C4H10.C3H8.CCl2F2/c1-3-4-2;1-3-2;2-1(3,4)5/h3-4H2,1-2H3;3H2,1-2H3;. The number of hydrogen-bond donors (Lipinski definition) is 0. The monoisotopic (exact) mass is 222 g/mol. The average Bonchev–Trinajstić information content (AvgIpc) is 1.85. The largest absolute Gasteiger partial charge is 0.401 e. The van der Waals surface area contributed by atoms with Crippen molar-refractivity contribution in [3.05, 3.63) is 0 Å². The number of unbranched alkanes of at least 4 members (excludes halogenated alkanes) is 1. The van der Waals surface area contributed by atoms with E-state index in [1.807, 2.05) is 0 Å². The lowest BCUT2D eigenvalue weighted by Gasteiger charge is -1.87. The fourth-order valence-corrected chi connectivity index (χ4v) is 0. The van der Waals surface area contributed by atoms with Crippen molar-refractivity contribution < 1.29 is 8.78 Å². The summed E-state index contributed by atoms with van der Waals surface area (Å²) in [5, 5.41) is 0. The van der Waals surface area contributed by atoms with Gasteiger partial charge >= 0.3 is 4.84 Å². The zero-order chi connectivity index (χ0) is 10.6. The van der Waals surface area contributed by atoms with E-state index in [4.69, 9.17) is 0 Å². The molecule has 0 N–H and O–H groups in total. The average molecular weight is 223 g/mol. The summed E-state index contributed by atoms with van der Waals surface area (Å²) in [4.78, 5) is -3.56. The third-order valence-electron chi connectivity index (χ3n) is 0.500. The van der Waals surface area contributed by atoms with E-state index in [0.717, 1.165) is 0 Å². The second-order valence-electron chi connectivity index (χ2n) is 2.14. The van der Waals surface area contributed by atoms with Crippen LogP contribution in [0.1, 0.15) is 47.0 Å². The maximum atomic E-state index is 10.6. The molecule has 0 fully saturated rings. The van der Waals surface area contributed by atoms with Crippen LogP contribution in [-0.2, 0) is 0 Å². The summed E-state index contributed by atoms with van der Waals surface area (Å²) < 4.78 is 21.1. The molecule has 0 rings (SSSR count). The zero-order valence-electron chi connectivity index (χ0n) is 8.13. The van der Waals surface area contributed by atoms with Gasteiger partial charge in [-0.3, -0.25) is 0 Å². The highest BCUT2D eigenvalue weighted by Crippen LogP contribution is 2.22. The van der Waals surface area contributed by atoms with E-state index < -0.39 is 4.84 Å². The molecule has 0 aliphatic rings. The lowest BCUT2D eigenvalue weighted by atomic mass is 10.4. The van der Waals surface area contributed by atoms with Crippen LogP contribution in [-0.4, -0.2) is 4.84 Å². The molecule has 0 aromatic heterocycles. The number of rotatable bonds is 1. The van der Waals surface area contributed by atoms with Crippen LogP contribution in [0.15, 0.2) is 0 Å². The fourth-order valence-electron chi connectivity index (χ4n) is 0. The number of hydrogen-bond acceptors (Lipinski definition) is 0. The van der Waals surface area contributed by atoms with Gasteiger partial charge in [0.05, 0.1) is 0 Å². The molecule has 0 bridgehead atoms. The van der Waals surface area contributed by atoms with Crippen molar-refractivity contribution in [2.24, 2.45) is 0 Å². The van der Waals surface area contributed by atoms with Gasteiger partial charge in [-0.2, -0.15) is 8.78 Å². The molecule has 0 radical (unpaired) electrons. The molecular formula is C8H18Cl2F2. The van der Waals surface area contributed by atoms with Crippen molar-refractivity contribution in [1.82, 2.24) is 0 Å². The Labute approximate surface area is 84.2 Å². The van der Waals surface area contributed by atoms with Crippen LogP contribution in [0, 0.1) is 0 Å². The first-order valence-electron chi connectivity index (χ1n) is 4.08. The van der Waals surface area contributed by atoms with Crippen LogP contribution in [0.25, 0.3) is 0 Å². The van der Waals surface area contributed by atoms with Gasteiger partial charge in [-0.1, -0.05) is 47.0 Å². The van der Waals surface area contributed by atoms with Crippen molar-refractivity contribution >= 4 is 23.2 Å². The van der Waals surface area contributed by atoms with Gasteiger partial charge in [0.15, 0.2) is 0 Å². The summed E-state index contributed by atoms with van der Waals surface area (Å²) in [5.74, 6) is 0. The van der Waals surface area contributed by atoms with E-state index >= 15 is 0 Å². The molecule has 0 heterocycles. The highest BCUT2D eigenvalue weighted by molar-refractivity contribution is 6.45. The second-order valence-corrected chi connectivity index (χ2v) is 3.28. The molecule has 0 aromatic carbocycles. The van der Waals surface area contributed by atoms with Crippen LogP contribution in [0.5, 0.6) is 0 Å². The Morgan fingerprint density at radius 2 is 1.00 bits per heavy atom. The van der Waals surface area contributed by atoms with E-state index in [0.29, 0.717) is 0 Å². The molecule has 12 heavy (non-hydrogen) atoms. The summed E-state index contributed by atoms with van der Waals surface area (Å²) in [5.41, 5.74) is 0. The molecule has 0 amide bonds. The number of alkyl halides is 4. The normalized spacial score (nSPS) is 9.00. The van der Waals surface area contributed by atoms with Gasteiger partial charge in [-0.05, 0) is 23.2 Å². The fraction of sp³-hybridized carbons (Fsp3) is 1.00. The predicted octanol–water partition coefficient (Wildman–Crippen LogP) is 5.24. The summed E-state index contributed by atoms with van der Waals surface area (Å²) >= 11 is 7.92. The van der Waals surface area contributed by atoms with Crippen molar-refractivity contribution in [1.29, 1.82) is 0 Å². The van der Waals surface area contributed by atoms with Gasteiger partial charge in [0.1, 0.15) is 0 Å². The lowest BCUT2D eigenvalue weighted by Crippen LogP contribution is -1.86. The van der Waals surface area contributed by atoms with Crippen molar-refractivity contribution in [3.8, 4) is 0 Å². The molecule has 0 saturated heterocycles. The molecule has 0 aliphatic heterocycles. The third-order valence-corrected chi connectivity index (χ3v) is 0.500. The van der Waals surface area contributed by atoms with Gasteiger partial charge in [0.2, 0.25) is 0 Å². The Bertz CT molecular complexity index is 54.6. The topological polar surface area (TPSA) is 0 Å². The molecule has 0 nitrogen and oxygen atoms in total. The molecular weight excluding hydrogens is 205 g/mol. The van der Waals surface area contributed by atoms with Gasteiger partial charge < -0.3 is 0 Å². The van der Waals surface area contributed by atoms with Gasteiger partial charge in [0, 0.05) is 0 Å². The van der Waals surface area contributed by atoms with Crippen LogP contribution >= 0.6 is 23.2 Å². The smallest absolute Gasteiger partial charge is 0.172 e. The third kappa shape index (κ3) is 449. The van der Waals surface area contributed by atoms with Crippen LogP contribution in [0.2, 0.25) is 0 Å². The highest BCUT2D eigenvalue weighted by atomic mass is 35.5. The minimum Gasteiger partial charge on any atom is -0.172 e. The van der Waals surface area contributed by atoms with E-state index in [9.17, 15) is 8.78 Å². The van der Waals surface area contributed by atoms with Crippen molar-refractivity contribution in [2.75, 3.05) is 0 Å². The Kier molecular flexibility index (Phi) is 21.3. The predicted molar refractivity (Wildman–Crippen MR) is 53.2 cm³/mol. The lowest BCUT2D eigenvalue weighted by molar-refractivity contribution is 0.194. The van der Waals surface area contributed by atoms with Gasteiger partial charge in [0.25, 0.3) is 0 Å². The first kappa shape index (κ1) is 18.3. The maximum Gasteiger partial charge on any atom is 0.401 e. The Hall–Kier alpha value is 0.440. The molecule has 0 atom stereocenters. The minimum absolute atomic E-state index is 1.25. The molecule has 0 saturated carbocycles. The summed E-state index contributed by atoms with van der Waals surface area (Å²) in [6.45, 7) is 8.61. The highest BCUT2D eigenvalue weighted by Gasteiger charge is 2.17. The first-order chi connectivity index (χ1) is 5.33. The SMILES string of the molecule is CCC.CCCC.FC(F)(Cl)Cl. The van der Waals surface area contributed by atoms with Crippen LogP contribution in [0.4, 0.5) is 8.78 Å². The summed E-state index contributed by atoms with van der Waals surface area (Å²) in [6.07, 6.45) is 3.89. The van der Waals surface area contributed by atoms with Crippen molar-refractivity contribution in [2.45, 2.75) is 51.8 Å². The summed E-state index contributed by atoms with van der Waals surface area (Å²) in [6, 6.07) is 0. The first-order valence-corrected chi connectivity index (χ1v) is 4.84. The Morgan fingerprint density at radius 3 is 1.00 bits per heavy atom. The Balaban J connectivity index is -0.000000105. The van der Waals surface area contributed by atoms with Crippen LogP contribution < -0.4 is 0 Å². The van der Waals surface area contributed by atoms with Crippen molar-refractivity contribution in [3.63, 3.8) is 0 Å².